The van der Waals surface area contributed by atoms with E-state index in [4.69, 9.17) is 5.11 Å². The topological polar surface area (TPSA) is 25.2 Å². The van der Waals surface area contributed by atoms with E-state index < -0.39 is 6.30 Å². The lowest BCUT2D eigenvalue weighted by atomic mass is 10.1. The number of aromatic nitrogens is 1. The minimum atomic E-state index is -1.13. The number of nitrogens with zero attached hydrogens (tertiary/aromatic N) is 1. The molecule has 0 aliphatic rings. The third-order valence-corrected chi connectivity index (χ3v) is 2.58. The molecular formula is C13H14FNO. The van der Waals surface area contributed by atoms with Gasteiger partial charge in [0.2, 0.25) is 0 Å². The van der Waals surface area contributed by atoms with Gasteiger partial charge in [-0.15, -0.1) is 0 Å². The zero-order valence-electron chi connectivity index (χ0n) is 8.88. The Morgan fingerprint density at radius 1 is 1.12 bits per heavy atom. The second-order valence-electron chi connectivity index (χ2n) is 3.69. The van der Waals surface area contributed by atoms with Gasteiger partial charge < -0.3 is 9.67 Å². The molecule has 2 aromatic rings. The van der Waals surface area contributed by atoms with E-state index in [1.807, 2.05) is 30.3 Å². The molecule has 0 amide bonds. The monoisotopic (exact) mass is 219 g/mol. The summed E-state index contributed by atoms with van der Waals surface area (Å²) in [6, 6.07) is 12.9. The van der Waals surface area contributed by atoms with Gasteiger partial charge in [-0.1, -0.05) is 30.3 Å². The lowest BCUT2D eigenvalue weighted by Crippen LogP contribution is -2.09. The Balaban J connectivity index is 2.11. The Kier molecular flexibility index (Phi) is 3.37. The summed E-state index contributed by atoms with van der Waals surface area (Å²) in [4.78, 5) is 0. The molecule has 1 aromatic carbocycles. The molecule has 0 bridgehead atoms. The van der Waals surface area contributed by atoms with Crippen molar-refractivity contribution in [2.45, 2.75) is 19.3 Å². The molecule has 0 radical (unpaired) electrons. The van der Waals surface area contributed by atoms with Crippen molar-refractivity contribution in [1.82, 2.24) is 4.57 Å². The molecule has 0 aliphatic carbocycles. The maximum Gasteiger partial charge on any atom is 0.180 e. The van der Waals surface area contributed by atoms with Gasteiger partial charge in [0.05, 0.1) is 6.61 Å². The fourth-order valence-corrected chi connectivity index (χ4v) is 1.74. The van der Waals surface area contributed by atoms with E-state index in [2.05, 4.69) is 0 Å². The SMILES string of the molecule is OCc1cccn1C(F)Cc1ccccc1. The standard InChI is InChI=1S/C13H14FNO/c14-13(9-11-5-2-1-3-6-11)15-8-4-7-12(15)10-16/h1-8,13,16H,9-10H2. The first-order valence-electron chi connectivity index (χ1n) is 5.26. The number of rotatable bonds is 4. The predicted octanol–water partition coefficient (Wildman–Crippen LogP) is 2.69. The fourth-order valence-electron chi connectivity index (χ4n) is 1.74. The molecule has 0 saturated carbocycles. The van der Waals surface area contributed by atoms with Gasteiger partial charge in [0.1, 0.15) is 0 Å². The average molecular weight is 219 g/mol. The van der Waals surface area contributed by atoms with E-state index in [9.17, 15) is 4.39 Å². The van der Waals surface area contributed by atoms with E-state index in [-0.39, 0.29) is 6.61 Å². The van der Waals surface area contributed by atoms with Crippen LogP contribution < -0.4 is 0 Å². The van der Waals surface area contributed by atoms with Crippen molar-refractivity contribution in [3.05, 3.63) is 59.9 Å². The van der Waals surface area contributed by atoms with Crippen molar-refractivity contribution >= 4 is 0 Å². The molecule has 0 aliphatic heterocycles. The molecule has 1 unspecified atom stereocenters. The Morgan fingerprint density at radius 3 is 2.56 bits per heavy atom. The summed E-state index contributed by atoms with van der Waals surface area (Å²) in [6.45, 7) is -0.137. The van der Waals surface area contributed by atoms with Gasteiger partial charge in [-0.2, -0.15) is 0 Å². The van der Waals surface area contributed by atoms with Crippen LogP contribution in [0.1, 0.15) is 17.6 Å². The molecule has 84 valence electrons. The number of aliphatic hydroxyl groups excluding tert-OH is 1. The Hall–Kier alpha value is -1.61. The second kappa shape index (κ2) is 4.94. The molecule has 1 aromatic heterocycles. The van der Waals surface area contributed by atoms with E-state index >= 15 is 0 Å². The molecule has 16 heavy (non-hydrogen) atoms. The minimum Gasteiger partial charge on any atom is -0.390 e. The van der Waals surface area contributed by atoms with Crippen LogP contribution in [0.2, 0.25) is 0 Å². The third-order valence-electron chi connectivity index (χ3n) is 2.58. The van der Waals surface area contributed by atoms with Gasteiger partial charge in [-0.25, -0.2) is 4.39 Å². The van der Waals surface area contributed by atoms with Crippen molar-refractivity contribution in [3.63, 3.8) is 0 Å². The van der Waals surface area contributed by atoms with Gasteiger partial charge in [0, 0.05) is 18.3 Å². The highest BCUT2D eigenvalue weighted by atomic mass is 19.1. The molecule has 1 N–H and O–H groups in total. The molecule has 0 fully saturated rings. The third kappa shape index (κ3) is 2.31. The summed E-state index contributed by atoms with van der Waals surface area (Å²) >= 11 is 0. The quantitative estimate of drug-likeness (QED) is 0.840. The maximum absolute atomic E-state index is 14.0. The largest absolute Gasteiger partial charge is 0.390 e. The number of halogens is 1. The van der Waals surface area contributed by atoms with Crippen molar-refractivity contribution < 1.29 is 9.50 Å². The van der Waals surface area contributed by atoms with Crippen LogP contribution in [0, 0.1) is 0 Å². The summed E-state index contributed by atoms with van der Waals surface area (Å²) in [6.07, 6.45) is 0.848. The first-order valence-corrected chi connectivity index (χ1v) is 5.26. The van der Waals surface area contributed by atoms with Crippen LogP contribution in [0.3, 0.4) is 0 Å². The number of aliphatic hydroxyl groups is 1. The van der Waals surface area contributed by atoms with Gasteiger partial charge in [0.25, 0.3) is 0 Å². The molecule has 2 nitrogen and oxygen atoms in total. The maximum atomic E-state index is 14.0. The van der Waals surface area contributed by atoms with Crippen LogP contribution in [0.5, 0.6) is 0 Å². The van der Waals surface area contributed by atoms with Crippen molar-refractivity contribution in [1.29, 1.82) is 0 Å². The van der Waals surface area contributed by atoms with E-state index in [0.717, 1.165) is 5.56 Å². The van der Waals surface area contributed by atoms with Gasteiger partial charge in [0.15, 0.2) is 6.30 Å². The molecule has 0 saturated heterocycles. The van der Waals surface area contributed by atoms with E-state index in [0.29, 0.717) is 12.1 Å². The lowest BCUT2D eigenvalue weighted by Gasteiger charge is -2.13. The van der Waals surface area contributed by atoms with Crippen LogP contribution in [-0.2, 0) is 13.0 Å². The van der Waals surface area contributed by atoms with E-state index in [1.54, 1.807) is 18.3 Å². The van der Waals surface area contributed by atoms with E-state index in [1.165, 1.54) is 4.57 Å². The normalized spacial score (nSPS) is 12.6. The van der Waals surface area contributed by atoms with Crippen LogP contribution >= 0.6 is 0 Å². The lowest BCUT2D eigenvalue weighted by molar-refractivity contribution is 0.210. The van der Waals surface area contributed by atoms with Gasteiger partial charge in [-0.3, -0.25) is 0 Å². The molecular weight excluding hydrogens is 205 g/mol. The van der Waals surface area contributed by atoms with Crippen molar-refractivity contribution in [2.24, 2.45) is 0 Å². The Labute approximate surface area is 94.0 Å². The molecule has 1 atom stereocenters. The van der Waals surface area contributed by atoms with Crippen LogP contribution in [-0.4, -0.2) is 9.67 Å². The number of hydrogen-bond acceptors (Lipinski definition) is 1. The fraction of sp³-hybridized carbons (Fsp3) is 0.231. The van der Waals surface area contributed by atoms with Crippen LogP contribution in [0.15, 0.2) is 48.7 Å². The number of alkyl halides is 1. The molecule has 2 rings (SSSR count). The minimum absolute atomic E-state index is 0.137. The highest BCUT2D eigenvalue weighted by Gasteiger charge is 2.11. The predicted molar refractivity (Wildman–Crippen MR) is 60.6 cm³/mol. The second-order valence-corrected chi connectivity index (χ2v) is 3.69. The smallest absolute Gasteiger partial charge is 0.180 e. The van der Waals surface area contributed by atoms with Crippen molar-refractivity contribution in [2.75, 3.05) is 0 Å². The molecule has 3 heteroatoms. The summed E-state index contributed by atoms with van der Waals surface area (Å²) in [7, 11) is 0. The zero-order valence-corrected chi connectivity index (χ0v) is 8.88. The zero-order chi connectivity index (χ0) is 11.4. The Morgan fingerprint density at radius 2 is 1.88 bits per heavy atom. The highest BCUT2D eigenvalue weighted by molar-refractivity contribution is 5.16. The summed E-state index contributed by atoms with van der Waals surface area (Å²) in [5, 5.41) is 9.03. The first kappa shape index (κ1) is 10.9. The molecule has 0 spiro atoms. The highest BCUT2D eigenvalue weighted by Crippen LogP contribution is 2.18. The summed E-state index contributed by atoms with van der Waals surface area (Å²) in [5.74, 6) is 0. The van der Waals surface area contributed by atoms with Crippen LogP contribution in [0.25, 0.3) is 0 Å². The number of benzene rings is 1. The Bertz CT molecular complexity index is 438. The summed E-state index contributed by atoms with van der Waals surface area (Å²) < 4.78 is 15.4. The molecule has 1 heterocycles. The van der Waals surface area contributed by atoms with Crippen LogP contribution in [0.4, 0.5) is 4.39 Å². The number of hydrogen-bond donors (Lipinski definition) is 1. The van der Waals surface area contributed by atoms with Gasteiger partial charge in [-0.05, 0) is 17.7 Å². The van der Waals surface area contributed by atoms with Crippen molar-refractivity contribution in [3.8, 4) is 0 Å². The summed E-state index contributed by atoms with van der Waals surface area (Å²) in [5.41, 5.74) is 1.55. The first-order chi connectivity index (χ1) is 7.81. The van der Waals surface area contributed by atoms with Gasteiger partial charge >= 0.3 is 0 Å². The average Bonchev–Trinajstić information content (AvgIpc) is 2.78.